The first-order chi connectivity index (χ1) is 12.6. The fraction of sp³-hybridized carbons (Fsp3) is 0.333. The Labute approximate surface area is 154 Å². The lowest BCUT2D eigenvalue weighted by molar-refractivity contribution is 0.0387. The number of rotatable bonds is 3. The third-order valence-corrected chi connectivity index (χ3v) is 6.00. The Bertz CT molecular complexity index is 908. The van der Waals surface area contributed by atoms with Crippen LogP contribution in [-0.2, 0) is 0 Å². The number of nitrogens with one attached hydrogen (secondary N) is 1. The summed E-state index contributed by atoms with van der Waals surface area (Å²) in [5.41, 5.74) is 2.37. The van der Waals surface area contributed by atoms with Gasteiger partial charge in [0, 0.05) is 29.4 Å². The van der Waals surface area contributed by atoms with Gasteiger partial charge in [-0.2, -0.15) is 5.21 Å². The van der Waals surface area contributed by atoms with Crippen molar-refractivity contribution in [2.24, 2.45) is 0 Å². The number of aryl methyl sites for hydroxylation is 1. The third-order valence-electron chi connectivity index (χ3n) is 4.85. The van der Waals surface area contributed by atoms with E-state index in [0.29, 0.717) is 30.0 Å². The van der Waals surface area contributed by atoms with Gasteiger partial charge in [0.05, 0.1) is 11.7 Å². The molecule has 1 amide bonds. The van der Waals surface area contributed by atoms with Gasteiger partial charge in [0.2, 0.25) is 5.82 Å². The van der Waals surface area contributed by atoms with E-state index in [2.05, 4.69) is 39.0 Å². The molecule has 4 rings (SSSR count). The highest BCUT2D eigenvalue weighted by Gasteiger charge is 2.33. The van der Waals surface area contributed by atoms with Crippen molar-refractivity contribution in [3.05, 3.63) is 51.7 Å². The van der Waals surface area contributed by atoms with Crippen molar-refractivity contribution < 1.29 is 9.90 Å². The number of thiophene rings is 1. The number of carbonyl (C=O) groups is 1. The summed E-state index contributed by atoms with van der Waals surface area (Å²) in [6.07, 6.45) is 0.181. The topological polar surface area (TPSA) is 95.0 Å². The molecule has 134 valence electrons. The van der Waals surface area contributed by atoms with Gasteiger partial charge < -0.3 is 10.0 Å². The van der Waals surface area contributed by atoms with E-state index in [-0.39, 0.29) is 11.8 Å². The van der Waals surface area contributed by atoms with E-state index in [1.54, 1.807) is 28.4 Å². The fourth-order valence-electron chi connectivity index (χ4n) is 3.50. The largest absolute Gasteiger partial charge is 0.391 e. The van der Waals surface area contributed by atoms with Crippen LogP contribution in [0, 0.1) is 6.92 Å². The first-order valence-electron chi connectivity index (χ1n) is 8.49. The van der Waals surface area contributed by atoms with E-state index in [1.807, 2.05) is 12.1 Å². The molecule has 0 radical (unpaired) electrons. The minimum absolute atomic E-state index is 0.0894. The summed E-state index contributed by atoms with van der Waals surface area (Å²) < 4.78 is 0. The molecule has 3 heterocycles. The average molecular weight is 369 g/mol. The van der Waals surface area contributed by atoms with Crippen LogP contribution in [0.2, 0.25) is 0 Å². The van der Waals surface area contributed by atoms with Gasteiger partial charge in [0.25, 0.3) is 5.91 Å². The number of tetrazole rings is 1. The van der Waals surface area contributed by atoms with Crippen LogP contribution in [0.1, 0.15) is 33.1 Å². The Morgan fingerprint density at radius 1 is 1.35 bits per heavy atom. The number of benzene rings is 1. The van der Waals surface area contributed by atoms with Crippen LogP contribution < -0.4 is 0 Å². The molecule has 2 atom stereocenters. The van der Waals surface area contributed by atoms with Crippen LogP contribution >= 0.6 is 11.3 Å². The van der Waals surface area contributed by atoms with Crippen molar-refractivity contribution in [2.45, 2.75) is 25.4 Å². The lowest BCUT2D eigenvalue weighted by Crippen LogP contribution is -2.45. The lowest BCUT2D eigenvalue weighted by Gasteiger charge is -2.36. The van der Waals surface area contributed by atoms with Gasteiger partial charge in [-0.3, -0.25) is 4.79 Å². The molecule has 7 nitrogen and oxygen atoms in total. The molecule has 0 bridgehead atoms. The SMILES string of the molecule is Cc1ccsc1[C@@H]1CCN(C(=O)c2ccccc2-c2nn[nH]n2)C[C@H]1O. The molecule has 0 unspecified atom stereocenters. The molecule has 1 aromatic carbocycles. The summed E-state index contributed by atoms with van der Waals surface area (Å²) in [4.78, 5) is 16.0. The number of carbonyl (C=O) groups excluding carboxylic acids is 1. The van der Waals surface area contributed by atoms with Gasteiger partial charge in [0.15, 0.2) is 0 Å². The Kier molecular flexibility index (Phi) is 4.52. The van der Waals surface area contributed by atoms with E-state index in [4.69, 9.17) is 0 Å². The molecule has 8 heteroatoms. The predicted molar refractivity (Wildman–Crippen MR) is 97.9 cm³/mol. The zero-order chi connectivity index (χ0) is 18.1. The molecule has 2 N–H and O–H groups in total. The predicted octanol–water partition coefficient (Wildman–Crippen LogP) is 2.23. The number of amides is 1. The van der Waals surface area contributed by atoms with E-state index >= 15 is 0 Å². The highest BCUT2D eigenvalue weighted by Crippen LogP contribution is 2.34. The highest BCUT2D eigenvalue weighted by atomic mass is 32.1. The summed E-state index contributed by atoms with van der Waals surface area (Å²) in [6, 6.07) is 9.29. The summed E-state index contributed by atoms with van der Waals surface area (Å²) >= 11 is 1.68. The highest BCUT2D eigenvalue weighted by molar-refractivity contribution is 7.10. The van der Waals surface area contributed by atoms with Crippen molar-refractivity contribution in [1.29, 1.82) is 0 Å². The first kappa shape index (κ1) is 16.9. The van der Waals surface area contributed by atoms with Crippen LogP contribution in [0.15, 0.2) is 35.7 Å². The molecule has 1 aliphatic rings. The molecule has 1 fully saturated rings. The second kappa shape index (κ2) is 6.97. The van der Waals surface area contributed by atoms with Crippen LogP contribution in [-0.4, -0.2) is 55.7 Å². The van der Waals surface area contributed by atoms with Gasteiger partial charge in [-0.05, 0) is 41.6 Å². The van der Waals surface area contributed by atoms with Crippen LogP contribution in [0.25, 0.3) is 11.4 Å². The number of β-amino-alcohol motifs (C(OH)–C–C–N with tert-alkyl or cyclic N) is 1. The number of hydrogen-bond donors (Lipinski definition) is 2. The van der Waals surface area contributed by atoms with Crippen molar-refractivity contribution in [3.8, 4) is 11.4 Å². The minimum atomic E-state index is -0.567. The van der Waals surface area contributed by atoms with Gasteiger partial charge in [-0.25, -0.2) is 0 Å². The third kappa shape index (κ3) is 3.02. The van der Waals surface area contributed by atoms with Crippen molar-refractivity contribution in [3.63, 3.8) is 0 Å². The molecule has 0 saturated carbocycles. The zero-order valence-electron chi connectivity index (χ0n) is 14.3. The Morgan fingerprint density at radius 2 is 2.19 bits per heavy atom. The van der Waals surface area contributed by atoms with Crippen molar-refractivity contribution >= 4 is 17.2 Å². The number of H-pyrrole nitrogens is 1. The fourth-order valence-corrected chi connectivity index (χ4v) is 4.62. The van der Waals surface area contributed by atoms with Crippen LogP contribution in [0.3, 0.4) is 0 Å². The number of aromatic nitrogens is 4. The standard InChI is InChI=1S/C18H19N5O2S/c1-11-7-9-26-16(11)14-6-8-23(10-15(14)24)18(25)13-5-3-2-4-12(13)17-19-21-22-20-17/h2-5,7,9,14-15,24H,6,8,10H2,1H3,(H,19,20,21,22)/t14-,15-/m1/s1. The van der Waals surface area contributed by atoms with E-state index in [1.165, 1.54) is 10.4 Å². The molecule has 26 heavy (non-hydrogen) atoms. The molecule has 0 spiro atoms. The monoisotopic (exact) mass is 369 g/mol. The first-order valence-corrected chi connectivity index (χ1v) is 9.37. The van der Waals surface area contributed by atoms with Gasteiger partial charge in [-0.15, -0.1) is 21.5 Å². The maximum absolute atomic E-state index is 13.1. The Hall–Kier alpha value is -2.58. The number of aromatic amines is 1. The minimum Gasteiger partial charge on any atom is -0.391 e. The molecule has 1 aliphatic heterocycles. The molecular formula is C18H19N5O2S. The van der Waals surface area contributed by atoms with Crippen molar-refractivity contribution in [1.82, 2.24) is 25.5 Å². The second-order valence-corrected chi connectivity index (χ2v) is 7.41. The van der Waals surface area contributed by atoms with Crippen LogP contribution in [0.4, 0.5) is 0 Å². The second-order valence-electron chi connectivity index (χ2n) is 6.46. The summed E-state index contributed by atoms with van der Waals surface area (Å²) in [5.74, 6) is 0.357. The zero-order valence-corrected chi connectivity index (χ0v) is 15.1. The molecule has 3 aromatic rings. The number of hydrogen-bond acceptors (Lipinski definition) is 6. The van der Waals surface area contributed by atoms with E-state index in [9.17, 15) is 9.90 Å². The summed E-state index contributed by atoms with van der Waals surface area (Å²) in [5, 5.41) is 26.7. The molecule has 2 aromatic heterocycles. The normalized spacial score (nSPS) is 20.3. The number of piperidine rings is 1. The number of nitrogens with zero attached hydrogens (tertiary/aromatic N) is 4. The van der Waals surface area contributed by atoms with E-state index in [0.717, 1.165) is 6.42 Å². The van der Waals surface area contributed by atoms with Gasteiger partial charge in [0.1, 0.15) is 0 Å². The van der Waals surface area contributed by atoms with Crippen molar-refractivity contribution in [2.75, 3.05) is 13.1 Å². The maximum Gasteiger partial charge on any atom is 0.254 e. The number of aliphatic hydroxyl groups is 1. The van der Waals surface area contributed by atoms with Crippen LogP contribution in [0.5, 0.6) is 0 Å². The van der Waals surface area contributed by atoms with E-state index < -0.39 is 6.10 Å². The summed E-state index contributed by atoms with van der Waals surface area (Å²) in [7, 11) is 0. The van der Waals surface area contributed by atoms with Gasteiger partial charge in [-0.1, -0.05) is 18.2 Å². The molecule has 1 saturated heterocycles. The number of aliphatic hydroxyl groups excluding tert-OH is 1. The molecule has 0 aliphatic carbocycles. The molecular weight excluding hydrogens is 350 g/mol. The van der Waals surface area contributed by atoms with Gasteiger partial charge >= 0.3 is 0 Å². The quantitative estimate of drug-likeness (QED) is 0.738. The maximum atomic E-state index is 13.1. The average Bonchev–Trinajstić information content (AvgIpc) is 3.33. The summed E-state index contributed by atoms with van der Waals surface area (Å²) in [6.45, 7) is 3.00. The Balaban J connectivity index is 1.55. The smallest absolute Gasteiger partial charge is 0.254 e. The number of likely N-dealkylation sites (tertiary alicyclic amines) is 1. The Morgan fingerprint density at radius 3 is 2.88 bits per heavy atom. The lowest BCUT2D eigenvalue weighted by atomic mass is 9.90.